The summed E-state index contributed by atoms with van der Waals surface area (Å²) in [7, 11) is 0. The molecule has 4 heteroatoms. The van der Waals surface area contributed by atoms with E-state index in [9.17, 15) is 4.79 Å². The highest BCUT2D eigenvalue weighted by molar-refractivity contribution is 7.99. The first-order chi connectivity index (χ1) is 8.56. The molecule has 0 aliphatic heterocycles. The Labute approximate surface area is 110 Å². The van der Waals surface area contributed by atoms with Crippen molar-refractivity contribution in [2.24, 2.45) is 0 Å². The second-order valence-corrected chi connectivity index (χ2v) is 5.12. The first kappa shape index (κ1) is 12.6. The van der Waals surface area contributed by atoms with E-state index in [-0.39, 0.29) is 5.56 Å². The van der Waals surface area contributed by atoms with Crippen LogP contribution in [-0.2, 0) is 0 Å². The number of aryl methyl sites for hydroxylation is 2. The third-order valence-corrected chi connectivity index (χ3v) is 3.63. The maximum Gasteiger partial charge on any atom is 0.335 e. The van der Waals surface area contributed by atoms with Crippen LogP contribution in [0.25, 0.3) is 0 Å². The van der Waals surface area contributed by atoms with Crippen molar-refractivity contribution in [3.8, 4) is 0 Å². The maximum atomic E-state index is 10.9. The Morgan fingerprint density at radius 1 is 1.22 bits per heavy atom. The largest absolute Gasteiger partial charge is 0.478 e. The van der Waals surface area contributed by atoms with Crippen LogP contribution in [0.2, 0.25) is 0 Å². The number of rotatable bonds is 3. The molecule has 1 aromatic carbocycles. The summed E-state index contributed by atoms with van der Waals surface area (Å²) in [5.41, 5.74) is 2.60. The predicted octanol–water partition coefficient (Wildman–Crippen LogP) is 3.55. The van der Waals surface area contributed by atoms with Crippen molar-refractivity contribution in [3.63, 3.8) is 0 Å². The zero-order chi connectivity index (χ0) is 13.1. The topological polar surface area (TPSA) is 50.2 Å². The fraction of sp³-hybridized carbons (Fsp3) is 0.143. The first-order valence-corrected chi connectivity index (χ1v) is 6.32. The van der Waals surface area contributed by atoms with E-state index in [2.05, 4.69) is 23.2 Å². The van der Waals surface area contributed by atoms with Gasteiger partial charge >= 0.3 is 5.97 Å². The summed E-state index contributed by atoms with van der Waals surface area (Å²) in [6.07, 6.45) is 1.52. The number of aromatic nitrogens is 1. The average Bonchev–Trinajstić information content (AvgIpc) is 2.34. The van der Waals surface area contributed by atoms with E-state index < -0.39 is 5.97 Å². The summed E-state index contributed by atoms with van der Waals surface area (Å²) in [5.74, 6) is -0.930. The van der Waals surface area contributed by atoms with Crippen LogP contribution in [0.3, 0.4) is 0 Å². The lowest BCUT2D eigenvalue weighted by atomic mass is 10.2. The molecule has 0 aliphatic rings. The van der Waals surface area contributed by atoms with Crippen LogP contribution in [0.4, 0.5) is 0 Å². The molecule has 1 N–H and O–H groups in total. The molecule has 0 amide bonds. The molecule has 0 spiro atoms. The van der Waals surface area contributed by atoms with Crippen molar-refractivity contribution in [1.29, 1.82) is 0 Å². The van der Waals surface area contributed by atoms with Gasteiger partial charge in [-0.3, -0.25) is 0 Å². The molecule has 3 nitrogen and oxygen atoms in total. The maximum absolute atomic E-state index is 10.9. The standard InChI is InChI=1S/C14H13NO2S/c1-9-3-4-10(2)12(7-9)18-13-8-11(14(16)17)5-6-15-13/h3-8H,1-2H3,(H,16,17). The van der Waals surface area contributed by atoms with Crippen molar-refractivity contribution in [1.82, 2.24) is 4.98 Å². The minimum absolute atomic E-state index is 0.262. The molecule has 1 heterocycles. The Bertz CT molecular complexity index is 596. The Hall–Kier alpha value is -1.81. The molecule has 0 atom stereocenters. The highest BCUT2D eigenvalue weighted by Gasteiger charge is 2.07. The highest BCUT2D eigenvalue weighted by atomic mass is 32.2. The van der Waals surface area contributed by atoms with E-state index in [1.807, 2.05) is 13.8 Å². The molecule has 0 saturated heterocycles. The van der Waals surface area contributed by atoms with Gasteiger partial charge in [0.05, 0.1) is 5.56 Å². The lowest BCUT2D eigenvalue weighted by molar-refractivity contribution is 0.0696. The molecular weight excluding hydrogens is 246 g/mol. The summed E-state index contributed by atoms with van der Waals surface area (Å²) in [5, 5.41) is 9.63. The molecule has 0 bridgehead atoms. The van der Waals surface area contributed by atoms with E-state index in [4.69, 9.17) is 5.11 Å². The van der Waals surface area contributed by atoms with Crippen LogP contribution < -0.4 is 0 Å². The molecule has 0 saturated carbocycles. The summed E-state index contributed by atoms with van der Waals surface area (Å²) < 4.78 is 0. The van der Waals surface area contributed by atoms with E-state index >= 15 is 0 Å². The van der Waals surface area contributed by atoms with Crippen molar-refractivity contribution in [2.45, 2.75) is 23.8 Å². The van der Waals surface area contributed by atoms with Crippen molar-refractivity contribution in [3.05, 3.63) is 53.2 Å². The van der Waals surface area contributed by atoms with Gasteiger partial charge in [0.15, 0.2) is 0 Å². The first-order valence-electron chi connectivity index (χ1n) is 5.51. The second kappa shape index (κ2) is 5.23. The Morgan fingerprint density at radius 3 is 2.72 bits per heavy atom. The minimum Gasteiger partial charge on any atom is -0.478 e. The number of aromatic carboxylic acids is 1. The molecule has 92 valence electrons. The molecule has 0 unspecified atom stereocenters. The molecular formula is C14H13NO2S. The Kier molecular flexibility index (Phi) is 3.67. The summed E-state index contributed by atoms with van der Waals surface area (Å²) in [6, 6.07) is 9.28. The van der Waals surface area contributed by atoms with E-state index in [1.54, 1.807) is 6.07 Å². The number of carboxylic acid groups (broad SMARTS) is 1. The minimum atomic E-state index is -0.930. The molecule has 0 radical (unpaired) electrons. The van der Waals surface area contributed by atoms with Gasteiger partial charge in [0.25, 0.3) is 0 Å². The lowest BCUT2D eigenvalue weighted by Crippen LogP contribution is -1.96. The number of hydrogen-bond acceptors (Lipinski definition) is 3. The second-order valence-electron chi connectivity index (χ2n) is 4.06. The van der Waals surface area contributed by atoms with Gasteiger partial charge in [-0.1, -0.05) is 23.9 Å². The zero-order valence-corrected chi connectivity index (χ0v) is 11.0. The van der Waals surface area contributed by atoms with Crippen molar-refractivity contribution in [2.75, 3.05) is 0 Å². The monoisotopic (exact) mass is 259 g/mol. The van der Waals surface area contributed by atoms with Gasteiger partial charge in [-0.15, -0.1) is 0 Å². The number of carboxylic acids is 1. The fourth-order valence-electron chi connectivity index (χ4n) is 1.53. The SMILES string of the molecule is Cc1ccc(C)c(Sc2cc(C(=O)O)ccn2)c1. The molecule has 0 aliphatic carbocycles. The molecule has 18 heavy (non-hydrogen) atoms. The van der Waals surface area contributed by atoms with Gasteiger partial charge in [0.2, 0.25) is 0 Å². The summed E-state index contributed by atoms with van der Waals surface area (Å²) >= 11 is 1.49. The summed E-state index contributed by atoms with van der Waals surface area (Å²) in [4.78, 5) is 16.2. The van der Waals surface area contributed by atoms with Gasteiger partial charge in [-0.25, -0.2) is 9.78 Å². The van der Waals surface area contributed by atoms with E-state index in [1.165, 1.54) is 29.6 Å². The normalized spacial score (nSPS) is 10.3. The number of hydrogen-bond donors (Lipinski definition) is 1. The molecule has 1 aromatic heterocycles. The molecule has 2 rings (SSSR count). The Morgan fingerprint density at radius 2 is 2.00 bits per heavy atom. The number of nitrogens with zero attached hydrogens (tertiary/aromatic N) is 1. The van der Waals surface area contributed by atoms with Crippen LogP contribution >= 0.6 is 11.8 Å². The van der Waals surface area contributed by atoms with E-state index in [0.717, 1.165) is 10.5 Å². The van der Waals surface area contributed by atoms with Gasteiger partial charge in [0.1, 0.15) is 5.03 Å². The Balaban J connectivity index is 2.31. The predicted molar refractivity (Wildman–Crippen MR) is 71.2 cm³/mol. The van der Waals surface area contributed by atoms with Gasteiger partial charge in [-0.05, 0) is 43.2 Å². The average molecular weight is 259 g/mol. The summed E-state index contributed by atoms with van der Waals surface area (Å²) in [6.45, 7) is 4.06. The number of pyridine rings is 1. The molecule has 0 fully saturated rings. The zero-order valence-electron chi connectivity index (χ0n) is 10.2. The van der Waals surface area contributed by atoms with Gasteiger partial charge in [0, 0.05) is 11.1 Å². The lowest BCUT2D eigenvalue weighted by Gasteiger charge is -2.06. The quantitative estimate of drug-likeness (QED) is 0.915. The number of carbonyl (C=O) groups is 1. The third kappa shape index (κ3) is 2.90. The van der Waals surface area contributed by atoms with Crippen LogP contribution in [-0.4, -0.2) is 16.1 Å². The smallest absolute Gasteiger partial charge is 0.335 e. The van der Waals surface area contributed by atoms with Crippen LogP contribution in [0.1, 0.15) is 21.5 Å². The third-order valence-electron chi connectivity index (χ3n) is 2.54. The van der Waals surface area contributed by atoms with Crippen molar-refractivity contribution < 1.29 is 9.90 Å². The molecule has 2 aromatic rings. The van der Waals surface area contributed by atoms with E-state index in [0.29, 0.717) is 5.03 Å². The fourth-order valence-corrected chi connectivity index (χ4v) is 2.53. The van der Waals surface area contributed by atoms with Crippen LogP contribution in [0, 0.1) is 13.8 Å². The van der Waals surface area contributed by atoms with Gasteiger partial charge in [-0.2, -0.15) is 0 Å². The van der Waals surface area contributed by atoms with Crippen LogP contribution in [0.15, 0.2) is 46.5 Å². The van der Waals surface area contributed by atoms with Crippen LogP contribution in [0.5, 0.6) is 0 Å². The van der Waals surface area contributed by atoms with Crippen molar-refractivity contribution >= 4 is 17.7 Å². The highest BCUT2D eigenvalue weighted by Crippen LogP contribution is 2.29. The van der Waals surface area contributed by atoms with Gasteiger partial charge < -0.3 is 5.11 Å². The number of benzene rings is 1.